The molecule has 37 heavy (non-hydrogen) atoms. The predicted octanol–water partition coefficient (Wildman–Crippen LogP) is 4.81. The van der Waals surface area contributed by atoms with Crippen molar-refractivity contribution in [1.29, 1.82) is 0 Å². The molecule has 4 rings (SSSR count). The number of rotatable bonds is 9. The minimum Gasteiger partial charge on any atom is -0.495 e. The molecule has 0 aliphatic carbocycles. The van der Waals surface area contributed by atoms with Gasteiger partial charge in [0.2, 0.25) is 5.91 Å². The molecule has 0 saturated carbocycles. The van der Waals surface area contributed by atoms with Crippen molar-refractivity contribution in [3.05, 3.63) is 63.7 Å². The second-order valence-electron chi connectivity index (χ2n) is 7.66. The molecule has 1 amide bonds. The van der Waals surface area contributed by atoms with Crippen LogP contribution in [0.5, 0.6) is 11.5 Å². The van der Waals surface area contributed by atoms with Crippen molar-refractivity contribution >= 4 is 45.6 Å². The van der Waals surface area contributed by atoms with Crippen LogP contribution in [0.25, 0.3) is 33.5 Å². The second kappa shape index (κ2) is 11.0. The summed E-state index contributed by atoms with van der Waals surface area (Å²) in [6.07, 6.45) is 4.14. The number of methoxy groups -OCH3 is 3. The van der Waals surface area contributed by atoms with Gasteiger partial charge in [0.15, 0.2) is 0 Å². The van der Waals surface area contributed by atoms with Crippen LogP contribution in [-0.2, 0) is 16.1 Å². The fourth-order valence-electron chi connectivity index (χ4n) is 3.72. The van der Waals surface area contributed by atoms with E-state index in [9.17, 15) is 9.59 Å². The van der Waals surface area contributed by atoms with Crippen LogP contribution in [0.2, 0.25) is 10.0 Å². The highest BCUT2D eigenvalue weighted by Gasteiger charge is 2.22. The third kappa shape index (κ3) is 5.04. The second-order valence-corrected chi connectivity index (χ2v) is 8.41. The molecule has 0 spiro atoms. The number of amides is 1. The lowest BCUT2D eigenvalue weighted by Crippen LogP contribution is -2.11. The normalized spacial score (nSPS) is 10.9. The van der Waals surface area contributed by atoms with Gasteiger partial charge in [-0.15, -0.1) is 0 Å². The molecule has 1 aromatic carbocycles. The lowest BCUT2D eigenvalue weighted by molar-refractivity contribution is -0.111. The molecule has 0 aliphatic rings. The number of halogens is 2. The Balaban J connectivity index is 1.87. The summed E-state index contributed by atoms with van der Waals surface area (Å²) in [5.74, 6) is 0.295. The highest BCUT2D eigenvalue weighted by Crippen LogP contribution is 2.46. The molecule has 0 atom stereocenters. The molecular weight excluding hydrogens is 523 g/mol. The fraction of sp³-hybridized carbons (Fsp3) is 0.200. The number of carbonyl (C=O) groups is 1. The first-order valence-corrected chi connectivity index (χ1v) is 11.6. The average Bonchev–Trinajstić information content (AvgIpc) is 3.29. The van der Waals surface area contributed by atoms with E-state index in [-0.39, 0.29) is 26.8 Å². The Morgan fingerprint density at radius 2 is 1.84 bits per heavy atom. The zero-order valence-electron chi connectivity index (χ0n) is 20.1. The van der Waals surface area contributed by atoms with Gasteiger partial charge in [-0.2, -0.15) is 5.10 Å². The van der Waals surface area contributed by atoms with Crippen LogP contribution < -0.4 is 20.4 Å². The Morgan fingerprint density at radius 1 is 1.14 bits per heavy atom. The van der Waals surface area contributed by atoms with E-state index in [2.05, 4.69) is 22.0 Å². The minimum atomic E-state index is -0.648. The maximum atomic E-state index is 13.1. The molecule has 10 nitrogen and oxygen atoms in total. The van der Waals surface area contributed by atoms with Crippen LogP contribution in [0.4, 0.5) is 5.69 Å². The summed E-state index contributed by atoms with van der Waals surface area (Å²) >= 11 is 13.0. The molecule has 4 aromatic rings. The number of pyridine rings is 1. The smallest absolute Gasteiger partial charge is 0.344 e. The number of ether oxygens (including phenoxy) is 3. The zero-order valence-corrected chi connectivity index (χ0v) is 21.6. The van der Waals surface area contributed by atoms with E-state index in [1.54, 1.807) is 23.9 Å². The number of carbonyl (C=O) groups excluding carboxylic acids is 1. The van der Waals surface area contributed by atoms with Crippen LogP contribution in [-0.4, -0.2) is 48.6 Å². The zero-order chi connectivity index (χ0) is 26.7. The summed E-state index contributed by atoms with van der Waals surface area (Å²) in [6.45, 7) is 4.23. The molecule has 3 heterocycles. The molecule has 12 heteroatoms. The van der Waals surface area contributed by atoms with Crippen molar-refractivity contribution in [2.24, 2.45) is 0 Å². The van der Waals surface area contributed by atoms with Crippen molar-refractivity contribution in [2.45, 2.75) is 6.54 Å². The standard InChI is InChI=1S/C25H22Cl2N4O6/c1-5-20(32)30-16-12-29-31(6-7-34-2)24(16)15-9-14-13(11-28-15)8-17(37-25(14)33)21-22(26)18(35-3)10-19(36-4)23(21)27/h5,8-12H,1,6-7H2,2-4H3,(H,30,32). The highest BCUT2D eigenvalue weighted by atomic mass is 35.5. The molecular formula is C25H22Cl2N4O6. The molecule has 3 aromatic heterocycles. The first-order chi connectivity index (χ1) is 17.8. The predicted molar refractivity (Wildman–Crippen MR) is 141 cm³/mol. The van der Waals surface area contributed by atoms with Gasteiger partial charge in [0.25, 0.3) is 0 Å². The topological polar surface area (TPSA) is 118 Å². The summed E-state index contributed by atoms with van der Waals surface area (Å²) in [5.41, 5.74) is 0.871. The van der Waals surface area contributed by atoms with E-state index in [0.29, 0.717) is 47.1 Å². The number of benzene rings is 1. The van der Waals surface area contributed by atoms with Crippen LogP contribution >= 0.6 is 23.2 Å². The van der Waals surface area contributed by atoms with E-state index in [1.165, 1.54) is 32.7 Å². The molecule has 0 bridgehead atoms. The van der Waals surface area contributed by atoms with Gasteiger partial charge in [0.05, 0.1) is 65.9 Å². The molecule has 192 valence electrons. The highest BCUT2D eigenvalue weighted by molar-refractivity contribution is 6.41. The van der Waals surface area contributed by atoms with Crippen molar-refractivity contribution in [3.63, 3.8) is 0 Å². The number of hydrogen-bond donors (Lipinski definition) is 1. The third-order valence-electron chi connectivity index (χ3n) is 5.50. The summed E-state index contributed by atoms with van der Waals surface area (Å²) < 4.78 is 23.0. The fourth-order valence-corrected chi connectivity index (χ4v) is 4.40. The number of aromatic nitrogens is 3. The van der Waals surface area contributed by atoms with E-state index in [0.717, 1.165) is 6.08 Å². The van der Waals surface area contributed by atoms with Gasteiger partial charge in [-0.1, -0.05) is 29.8 Å². The van der Waals surface area contributed by atoms with Crippen molar-refractivity contribution in [2.75, 3.05) is 33.3 Å². The van der Waals surface area contributed by atoms with Crippen LogP contribution in [0.15, 0.2) is 52.5 Å². The first-order valence-electron chi connectivity index (χ1n) is 10.9. The van der Waals surface area contributed by atoms with Gasteiger partial charge in [-0.25, -0.2) is 4.79 Å². The molecule has 1 N–H and O–H groups in total. The van der Waals surface area contributed by atoms with Crippen LogP contribution in [0, 0.1) is 0 Å². The van der Waals surface area contributed by atoms with Gasteiger partial charge < -0.3 is 23.9 Å². The minimum absolute atomic E-state index is 0.114. The number of fused-ring (bicyclic) bond motifs is 1. The molecule has 0 fully saturated rings. The summed E-state index contributed by atoms with van der Waals surface area (Å²) in [4.78, 5) is 29.6. The summed E-state index contributed by atoms with van der Waals surface area (Å²) in [7, 11) is 4.46. The van der Waals surface area contributed by atoms with Gasteiger partial charge in [-0.3, -0.25) is 14.5 Å². The van der Waals surface area contributed by atoms with Crippen molar-refractivity contribution in [3.8, 4) is 34.2 Å². The Kier molecular flexibility index (Phi) is 7.82. The number of anilines is 1. The quantitative estimate of drug-likeness (QED) is 0.298. The lowest BCUT2D eigenvalue weighted by Gasteiger charge is -2.14. The van der Waals surface area contributed by atoms with E-state index in [4.69, 9.17) is 41.8 Å². The number of hydrogen-bond acceptors (Lipinski definition) is 8. The van der Waals surface area contributed by atoms with Crippen molar-refractivity contribution < 1.29 is 23.4 Å². The van der Waals surface area contributed by atoms with Crippen LogP contribution in [0.1, 0.15) is 0 Å². The number of nitrogens with zero attached hydrogens (tertiary/aromatic N) is 3. The lowest BCUT2D eigenvalue weighted by atomic mass is 10.1. The maximum absolute atomic E-state index is 13.1. The van der Waals surface area contributed by atoms with Crippen LogP contribution in [0.3, 0.4) is 0 Å². The summed E-state index contributed by atoms with van der Waals surface area (Å²) in [6, 6.07) is 4.70. The Morgan fingerprint density at radius 3 is 2.46 bits per heavy atom. The first kappa shape index (κ1) is 26.2. The summed E-state index contributed by atoms with van der Waals surface area (Å²) in [5, 5.41) is 8.06. The third-order valence-corrected chi connectivity index (χ3v) is 6.25. The Hall–Kier alpha value is -3.86. The molecule has 0 unspecified atom stereocenters. The Labute approximate surface area is 221 Å². The van der Waals surface area contributed by atoms with Gasteiger partial charge in [0.1, 0.15) is 23.0 Å². The largest absolute Gasteiger partial charge is 0.495 e. The van der Waals surface area contributed by atoms with Crippen molar-refractivity contribution in [1.82, 2.24) is 14.8 Å². The maximum Gasteiger partial charge on any atom is 0.344 e. The van der Waals surface area contributed by atoms with Gasteiger partial charge in [0, 0.05) is 24.8 Å². The van der Waals surface area contributed by atoms with Gasteiger partial charge >= 0.3 is 5.63 Å². The number of nitrogens with one attached hydrogen (secondary N) is 1. The van der Waals surface area contributed by atoms with Gasteiger partial charge in [-0.05, 0) is 18.2 Å². The monoisotopic (exact) mass is 544 g/mol. The van der Waals surface area contributed by atoms with E-state index < -0.39 is 11.5 Å². The average molecular weight is 545 g/mol. The Bertz CT molecular complexity index is 1540. The molecule has 0 saturated heterocycles. The van der Waals surface area contributed by atoms with E-state index >= 15 is 0 Å². The molecule has 0 radical (unpaired) electrons. The molecule has 0 aliphatic heterocycles. The SMILES string of the molecule is C=CC(=O)Nc1cnn(CCOC)c1-c1cc2c(=O)oc(-c3c(Cl)c(OC)cc(OC)c3Cl)cc2cn1. The van der Waals surface area contributed by atoms with E-state index in [1.807, 2.05) is 0 Å².